The highest BCUT2D eigenvalue weighted by Gasteiger charge is 2.23. The molecule has 0 radical (unpaired) electrons. The van der Waals surface area contributed by atoms with Crippen LogP contribution in [0.1, 0.15) is 12.8 Å². The number of aromatic nitrogens is 2. The molecule has 19 heavy (non-hydrogen) atoms. The van der Waals surface area contributed by atoms with Crippen LogP contribution >= 0.6 is 0 Å². The molecule has 6 nitrogen and oxygen atoms in total. The molecule has 0 atom stereocenters. The summed E-state index contributed by atoms with van der Waals surface area (Å²) in [5.41, 5.74) is 0. The van der Waals surface area contributed by atoms with E-state index in [1.807, 2.05) is 0 Å². The normalized spacial score (nSPS) is 15.9. The first-order valence-electron chi connectivity index (χ1n) is 6.37. The van der Waals surface area contributed by atoms with Gasteiger partial charge in [0, 0.05) is 44.9 Å². The Bertz CT molecular complexity index is 416. The van der Waals surface area contributed by atoms with Gasteiger partial charge < -0.3 is 15.0 Å². The molecule has 0 aromatic carbocycles. The third-order valence-electron chi connectivity index (χ3n) is 2.94. The molecule has 2 heterocycles. The minimum absolute atomic E-state index is 0.0469. The lowest BCUT2D eigenvalue weighted by atomic mass is 10.1. The maximum atomic E-state index is 11.7. The fraction of sp³-hybridized carbons (Fsp3) is 0.462. The lowest BCUT2D eigenvalue weighted by molar-refractivity contribution is 0.103. The van der Waals surface area contributed by atoms with Crippen molar-refractivity contribution in [1.29, 1.82) is 0 Å². The summed E-state index contributed by atoms with van der Waals surface area (Å²) in [4.78, 5) is 21.6. The van der Waals surface area contributed by atoms with Crippen molar-refractivity contribution in [3.8, 4) is 6.01 Å². The first-order valence-corrected chi connectivity index (χ1v) is 6.37. The molecule has 102 valence electrons. The quantitative estimate of drug-likeness (QED) is 0.828. The molecule has 0 spiro atoms. The molecule has 1 aliphatic rings. The fourth-order valence-electron chi connectivity index (χ4n) is 1.94. The SMILES string of the molecule is C=CCNC(=O)N1CCC(Oc2ncccn2)CC1. The van der Waals surface area contributed by atoms with Crippen LogP contribution in [-0.2, 0) is 0 Å². The van der Waals surface area contributed by atoms with Crippen LogP contribution in [-0.4, -0.2) is 46.6 Å². The van der Waals surface area contributed by atoms with Crippen LogP contribution in [0.5, 0.6) is 6.01 Å². The highest BCUT2D eigenvalue weighted by atomic mass is 16.5. The van der Waals surface area contributed by atoms with Crippen molar-refractivity contribution in [2.45, 2.75) is 18.9 Å². The number of urea groups is 1. The third kappa shape index (κ3) is 3.94. The second-order valence-electron chi connectivity index (χ2n) is 4.31. The minimum Gasteiger partial charge on any atom is -0.460 e. The molecule has 0 unspecified atom stereocenters. The van der Waals surface area contributed by atoms with E-state index in [-0.39, 0.29) is 12.1 Å². The van der Waals surface area contributed by atoms with E-state index in [4.69, 9.17) is 4.74 Å². The molecule has 6 heteroatoms. The van der Waals surface area contributed by atoms with Crippen LogP contribution in [0, 0.1) is 0 Å². The van der Waals surface area contributed by atoms with Crippen LogP contribution in [0.25, 0.3) is 0 Å². The number of hydrogen-bond donors (Lipinski definition) is 1. The van der Waals surface area contributed by atoms with E-state index >= 15 is 0 Å². The van der Waals surface area contributed by atoms with Gasteiger partial charge in [0.1, 0.15) is 6.10 Å². The van der Waals surface area contributed by atoms with Gasteiger partial charge in [-0.1, -0.05) is 6.08 Å². The second kappa shape index (κ2) is 6.72. The van der Waals surface area contributed by atoms with E-state index in [2.05, 4.69) is 21.9 Å². The van der Waals surface area contributed by atoms with E-state index in [1.165, 1.54) is 0 Å². The highest BCUT2D eigenvalue weighted by molar-refractivity contribution is 5.74. The van der Waals surface area contributed by atoms with Gasteiger partial charge >= 0.3 is 12.0 Å². The fourth-order valence-corrected chi connectivity index (χ4v) is 1.94. The summed E-state index contributed by atoms with van der Waals surface area (Å²) >= 11 is 0. The largest absolute Gasteiger partial charge is 0.460 e. The van der Waals surface area contributed by atoms with Gasteiger partial charge in [0.2, 0.25) is 0 Å². The second-order valence-corrected chi connectivity index (χ2v) is 4.31. The Kier molecular flexibility index (Phi) is 4.72. The first kappa shape index (κ1) is 13.3. The van der Waals surface area contributed by atoms with Crippen molar-refractivity contribution in [2.75, 3.05) is 19.6 Å². The average molecular weight is 262 g/mol. The Morgan fingerprint density at radius 3 is 2.79 bits per heavy atom. The van der Waals surface area contributed by atoms with Crippen LogP contribution in [0.2, 0.25) is 0 Å². The van der Waals surface area contributed by atoms with Crippen molar-refractivity contribution in [3.63, 3.8) is 0 Å². The molecule has 1 aromatic rings. The van der Waals surface area contributed by atoms with Gasteiger partial charge in [-0.3, -0.25) is 0 Å². The number of piperidine rings is 1. The zero-order valence-electron chi connectivity index (χ0n) is 10.8. The summed E-state index contributed by atoms with van der Waals surface area (Å²) in [7, 11) is 0. The summed E-state index contributed by atoms with van der Waals surface area (Å²) in [5, 5.41) is 2.77. The van der Waals surface area contributed by atoms with E-state index in [0.29, 0.717) is 25.6 Å². The number of likely N-dealkylation sites (tertiary alicyclic amines) is 1. The standard InChI is InChI=1S/C13H18N4O2/c1-2-6-16-13(18)17-9-4-11(5-10-17)19-12-14-7-3-8-15-12/h2-3,7-8,11H,1,4-6,9-10H2,(H,16,18). The van der Waals surface area contributed by atoms with Gasteiger partial charge in [-0.05, 0) is 6.07 Å². The molecule has 1 aromatic heterocycles. The molecule has 1 fully saturated rings. The Hall–Kier alpha value is -2.11. The molecular formula is C13H18N4O2. The van der Waals surface area contributed by atoms with E-state index in [1.54, 1.807) is 29.4 Å². The molecule has 0 aliphatic carbocycles. The van der Waals surface area contributed by atoms with Crippen molar-refractivity contribution in [2.24, 2.45) is 0 Å². The van der Waals surface area contributed by atoms with Crippen LogP contribution in [0.15, 0.2) is 31.1 Å². The van der Waals surface area contributed by atoms with Gasteiger partial charge in [0.15, 0.2) is 0 Å². The number of carbonyl (C=O) groups is 1. The van der Waals surface area contributed by atoms with Gasteiger partial charge in [-0.15, -0.1) is 6.58 Å². The number of hydrogen-bond acceptors (Lipinski definition) is 4. The van der Waals surface area contributed by atoms with Crippen LogP contribution < -0.4 is 10.1 Å². The maximum absolute atomic E-state index is 11.7. The molecule has 1 aliphatic heterocycles. The molecule has 0 saturated carbocycles. The van der Waals surface area contributed by atoms with Crippen LogP contribution in [0.3, 0.4) is 0 Å². The highest BCUT2D eigenvalue weighted by Crippen LogP contribution is 2.15. The van der Waals surface area contributed by atoms with Gasteiger partial charge in [-0.2, -0.15) is 0 Å². The molecule has 2 rings (SSSR count). The molecule has 1 N–H and O–H groups in total. The lowest BCUT2D eigenvalue weighted by Gasteiger charge is -2.31. The van der Waals surface area contributed by atoms with Gasteiger partial charge in [0.05, 0.1) is 0 Å². The summed E-state index contributed by atoms with van der Waals surface area (Å²) in [6.45, 7) is 5.42. The first-order chi connectivity index (χ1) is 9.29. The lowest BCUT2D eigenvalue weighted by Crippen LogP contribution is -2.46. The summed E-state index contributed by atoms with van der Waals surface area (Å²) < 4.78 is 5.67. The van der Waals surface area contributed by atoms with Crippen molar-refractivity contribution in [3.05, 3.63) is 31.1 Å². The van der Waals surface area contributed by atoms with Crippen molar-refractivity contribution < 1.29 is 9.53 Å². The topological polar surface area (TPSA) is 67.4 Å². The summed E-state index contributed by atoms with van der Waals surface area (Å²) in [6.07, 6.45) is 6.63. The predicted molar refractivity (Wildman–Crippen MR) is 70.9 cm³/mol. The number of ether oxygens (including phenoxy) is 1. The number of nitrogens with one attached hydrogen (secondary N) is 1. The molecule has 0 bridgehead atoms. The summed E-state index contributed by atoms with van der Waals surface area (Å²) in [6, 6.07) is 2.10. The number of rotatable bonds is 4. The number of nitrogens with zero attached hydrogens (tertiary/aromatic N) is 3. The van der Waals surface area contributed by atoms with Gasteiger partial charge in [0.25, 0.3) is 0 Å². The van der Waals surface area contributed by atoms with Gasteiger partial charge in [-0.25, -0.2) is 14.8 Å². The monoisotopic (exact) mass is 262 g/mol. The van der Waals surface area contributed by atoms with E-state index < -0.39 is 0 Å². The van der Waals surface area contributed by atoms with E-state index in [0.717, 1.165) is 12.8 Å². The smallest absolute Gasteiger partial charge is 0.317 e. The zero-order chi connectivity index (χ0) is 13.5. The van der Waals surface area contributed by atoms with E-state index in [9.17, 15) is 4.79 Å². The summed E-state index contributed by atoms with van der Waals surface area (Å²) in [5.74, 6) is 0. The molecule has 1 saturated heterocycles. The number of amides is 2. The molecular weight excluding hydrogens is 244 g/mol. The Morgan fingerprint density at radius 2 is 2.16 bits per heavy atom. The Morgan fingerprint density at radius 1 is 1.47 bits per heavy atom. The Labute approximate surface area is 112 Å². The average Bonchev–Trinajstić information content (AvgIpc) is 2.46. The maximum Gasteiger partial charge on any atom is 0.317 e. The minimum atomic E-state index is -0.0469. The van der Waals surface area contributed by atoms with Crippen molar-refractivity contribution >= 4 is 6.03 Å². The predicted octanol–water partition coefficient (Wildman–Crippen LogP) is 1.22. The Balaban J connectivity index is 1.76. The van der Waals surface area contributed by atoms with Crippen molar-refractivity contribution in [1.82, 2.24) is 20.2 Å². The zero-order valence-corrected chi connectivity index (χ0v) is 10.8. The third-order valence-corrected chi connectivity index (χ3v) is 2.94. The number of carbonyl (C=O) groups excluding carboxylic acids is 1. The van der Waals surface area contributed by atoms with Crippen LogP contribution in [0.4, 0.5) is 4.79 Å². The molecule has 2 amide bonds.